The van der Waals surface area contributed by atoms with Gasteiger partial charge in [0.1, 0.15) is 6.04 Å². The van der Waals surface area contributed by atoms with Crippen LogP contribution in [0.4, 0.5) is 0 Å². The number of rotatable bonds is 5. The molecule has 5 heteroatoms. The summed E-state index contributed by atoms with van der Waals surface area (Å²) in [6, 6.07) is 15.6. The highest BCUT2D eigenvalue weighted by Crippen LogP contribution is 2.24. The molecule has 1 aliphatic rings. The maximum absolute atomic E-state index is 12.4. The zero-order valence-electron chi connectivity index (χ0n) is 13.4. The summed E-state index contributed by atoms with van der Waals surface area (Å²) in [6.07, 6.45) is 0.696. The van der Waals surface area contributed by atoms with Crippen LogP contribution in [0.3, 0.4) is 0 Å². The van der Waals surface area contributed by atoms with Crippen LogP contribution in [0.5, 0.6) is 0 Å². The zero-order chi connectivity index (χ0) is 17.1. The first kappa shape index (κ1) is 15.9. The molecule has 0 aliphatic carbocycles. The fraction of sp³-hybridized carbons (Fsp3) is 0.211. The summed E-state index contributed by atoms with van der Waals surface area (Å²) in [5.41, 5.74) is 1.82. The van der Waals surface area contributed by atoms with Crippen LogP contribution in [0, 0.1) is 0 Å². The van der Waals surface area contributed by atoms with E-state index < -0.39 is 17.9 Å². The summed E-state index contributed by atoms with van der Waals surface area (Å²) in [4.78, 5) is 38.1. The lowest BCUT2D eigenvalue weighted by atomic mass is 10.1. The molecule has 3 rings (SSSR count). The standard InChI is InChI=1S/C19H18N2O3/c1-13(17(22)20-12-11-14-7-3-2-4-8-14)21-18(23)15-9-5-6-10-16(15)19(21)24/h2-10,13H,11-12H2,1H3,(H,20,22)/t13-/m1/s1. The van der Waals surface area contributed by atoms with E-state index in [1.807, 2.05) is 30.3 Å². The van der Waals surface area contributed by atoms with Gasteiger partial charge in [0.2, 0.25) is 5.91 Å². The number of hydrogen-bond donors (Lipinski definition) is 1. The lowest BCUT2D eigenvalue weighted by molar-refractivity contribution is -0.124. The molecule has 1 atom stereocenters. The zero-order valence-corrected chi connectivity index (χ0v) is 13.4. The lowest BCUT2D eigenvalue weighted by Gasteiger charge is -2.21. The van der Waals surface area contributed by atoms with Crippen molar-refractivity contribution in [2.45, 2.75) is 19.4 Å². The molecule has 2 aromatic rings. The van der Waals surface area contributed by atoms with Crippen molar-refractivity contribution in [3.8, 4) is 0 Å². The van der Waals surface area contributed by atoms with Gasteiger partial charge in [0, 0.05) is 6.54 Å². The maximum Gasteiger partial charge on any atom is 0.262 e. The largest absolute Gasteiger partial charge is 0.354 e. The summed E-state index contributed by atoms with van der Waals surface area (Å²) in [5.74, 6) is -1.16. The van der Waals surface area contributed by atoms with Gasteiger partial charge in [-0.05, 0) is 31.0 Å². The second-order valence-electron chi connectivity index (χ2n) is 5.73. The van der Waals surface area contributed by atoms with Gasteiger partial charge < -0.3 is 5.32 Å². The number of fused-ring (bicyclic) bond motifs is 1. The van der Waals surface area contributed by atoms with Crippen molar-refractivity contribution in [2.75, 3.05) is 6.54 Å². The molecular weight excluding hydrogens is 304 g/mol. The van der Waals surface area contributed by atoms with Gasteiger partial charge in [-0.2, -0.15) is 0 Å². The second-order valence-corrected chi connectivity index (χ2v) is 5.73. The molecule has 0 saturated carbocycles. The second kappa shape index (κ2) is 6.66. The molecule has 0 unspecified atom stereocenters. The smallest absolute Gasteiger partial charge is 0.262 e. The highest BCUT2D eigenvalue weighted by Gasteiger charge is 2.40. The number of nitrogens with one attached hydrogen (secondary N) is 1. The van der Waals surface area contributed by atoms with E-state index in [4.69, 9.17) is 0 Å². The molecule has 1 heterocycles. The molecule has 0 aromatic heterocycles. The number of nitrogens with zero attached hydrogens (tertiary/aromatic N) is 1. The van der Waals surface area contributed by atoms with E-state index in [0.717, 1.165) is 10.5 Å². The molecule has 5 nitrogen and oxygen atoms in total. The van der Waals surface area contributed by atoms with Crippen molar-refractivity contribution in [3.05, 3.63) is 71.3 Å². The predicted molar refractivity (Wildman–Crippen MR) is 89.6 cm³/mol. The molecule has 122 valence electrons. The molecule has 2 aromatic carbocycles. The van der Waals surface area contributed by atoms with Crippen LogP contribution in [-0.2, 0) is 11.2 Å². The Balaban J connectivity index is 1.62. The third kappa shape index (κ3) is 2.93. The van der Waals surface area contributed by atoms with Gasteiger partial charge >= 0.3 is 0 Å². The van der Waals surface area contributed by atoms with E-state index in [1.54, 1.807) is 31.2 Å². The summed E-state index contributed by atoms with van der Waals surface area (Å²) < 4.78 is 0. The number of carbonyl (C=O) groups is 3. The minimum Gasteiger partial charge on any atom is -0.354 e. The van der Waals surface area contributed by atoms with Crippen molar-refractivity contribution in [1.82, 2.24) is 10.2 Å². The molecule has 0 saturated heterocycles. The first-order chi connectivity index (χ1) is 11.6. The SMILES string of the molecule is C[C@H](C(=O)NCCc1ccccc1)N1C(=O)c2ccccc2C1=O. The molecule has 3 amide bonds. The van der Waals surface area contributed by atoms with E-state index in [0.29, 0.717) is 24.1 Å². The number of benzene rings is 2. The van der Waals surface area contributed by atoms with Gasteiger partial charge in [0.05, 0.1) is 11.1 Å². The van der Waals surface area contributed by atoms with Crippen molar-refractivity contribution < 1.29 is 14.4 Å². The van der Waals surface area contributed by atoms with Crippen molar-refractivity contribution in [3.63, 3.8) is 0 Å². The van der Waals surface area contributed by atoms with E-state index >= 15 is 0 Å². The van der Waals surface area contributed by atoms with Crippen LogP contribution in [0.25, 0.3) is 0 Å². The van der Waals surface area contributed by atoms with E-state index in [1.165, 1.54) is 0 Å². The average molecular weight is 322 g/mol. The molecule has 0 fully saturated rings. The molecular formula is C19H18N2O3. The average Bonchev–Trinajstić information content (AvgIpc) is 2.86. The molecule has 1 N–H and O–H groups in total. The predicted octanol–water partition coefficient (Wildman–Crippen LogP) is 2.03. The maximum atomic E-state index is 12.4. The van der Waals surface area contributed by atoms with E-state index in [2.05, 4.69) is 5.32 Å². The van der Waals surface area contributed by atoms with Gasteiger partial charge in [-0.15, -0.1) is 0 Å². The van der Waals surface area contributed by atoms with Crippen LogP contribution in [0.15, 0.2) is 54.6 Å². The summed E-state index contributed by atoms with van der Waals surface area (Å²) in [6.45, 7) is 2.02. The normalized spacial score (nSPS) is 14.5. The minimum atomic E-state index is -0.840. The lowest BCUT2D eigenvalue weighted by Crippen LogP contribution is -2.48. The molecule has 0 radical (unpaired) electrons. The highest BCUT2D eigenvalue weighted by molar-refractivity contribution is 6.22. The highest BCUT2D eigenvalue weighted by atomic mass is 16.2. The Morgan fingerprint density at radius 3 is 2.08 bits per heavy atom. The van der Waals surface area contributed by atoms with Crippen molar-refractivity contribution in [1.29, 1.82) is 0 Å². The minimum absolute atomic E-state index is 0.333. The number of imide groups is 1. The van der Waals surface area contributed by atoms with Crippen molar-refractivity contribution >= 4 is 17.7 Å². The van der Waals surface area contributed by atoms with E-state index in [9.17, 15) is 14.4 Å². The van der Waals surface area contributed by atoms with Gasteiger partial charge in [0.25, 0.3) is 11.8 Å². The van der Waals surface area contributed by atoms with Crippen LogP contribution < -0.4 is 5.32 Å². The molecule has 1 aliphatic heterocycles. The van der Waals surface area contributed by atoms with Gasteiger partial charge in [-0.1, -0.05) is 42.5 Å². The summed E-state index contributed by atoms with van der Waals surface area (Å²) in [7, 11) is 0. The van der Waals surface area contributed by atoms with Crippen LogP contribution in [-0.4, -0.2) is 35.2 Å². The number of carbonyl (C=O) groups excluding carboxylic acids is 3. The monoisotopic (exact) mass is 322 g/mol. The van der Waals surface area contributed by atoms with Gasteiger partial charge in [-0.3, -0.25) is 19.3 Å². The Bertz CT molecular complexity index is 751. The molecule has 0 bridgehead atoms. The van der Waals surface area contributed by atoms with Crippen LogP contribution in [0.2, 0.25) is 0 Å². The summed E-state index contributed by atoms with van der Waals surface area (Å²) >= 11 is 0. The number of amides is 3. The van der Waals surface area contributed by atoms with Crippen molar-refractivity contribution in [2.24, 2.45) is 0 Å². The first-order valence-electron chi connectivity index (χ1n) is 7.88. The van der Waals surface area contributed by atoms with Crippen LogP contribution >= 0.6 is 0 Å². The third-order valence-corrected chi connectivity index (χ3v) is 4.15. The quantitative estimate of drug-likeness (QED) is 0.857. The Morgan fingerprint density at radius 1 is 0.958 bits per heavy atom. The Labute approximate surface area is 140 Å². The van der Waals surface area contributed by atoms with Gasteiger partial charge in [0.15, 0.2) is 0 Å². The fourth-order valence-electron chi connectivity index (χ4n) is 2.80. The first-order valence-corrected chi connectivity index (χ1v) is 7.88. The fourth-order valence-corrected chi connectivity index (χ4v) is 2.80. The molecule has 0 spiro atoms. The molecule has 24 heavy (non-hydrogen) atoms. The Kier molecular flexibility index (Phi) is 4.42. The Morgan fingerprint density at radius 2 is 1.50 bits per heavy atom. The van der Waals surface area contributed by atoms with Gasteiger partial charge in [-0.25, -0.2) is 0 Å². The van der Waals surface area contributed by atoms with Crippen LogP contribution in [0.1, 0.15) is 33.2 Å². The van der Waals surface area contributed by atoms with E-state index in [-0.39, 0.29) is 5.91 Å². The number of hydrogen-bond acceptors (Lipinski definition) is 3. The summed E-state index contributed by atoms with van der Waals surface area (Å²) in [5, 5.41) is 2.79. The topological polar surface area (TPSA) is 66.5 Å². The Hall–Kier alpha value is -2.95. The third-order valence-electron chi connectivity index (χ3n) is 4.15.